The van der Waals surface area contributed by atoms with Gasteiger partial charge in [0.15, 0.2) is 23.1 Å². The topological polar surface area (TPSA) is 114 Å². The van der Waals surface area contributed by atoms with Crippen LogP contribution in [0.1, 0.15) is 24.8 Å². The Morgan fingerprint density at radius 3 is 2.37 bits per heavy atom. The van der Waals surface area contributed by atoms with E-state index in [4.69, 9.17) is 14.7 Å². The number of nitriles is 1. The minimum absolute atomic E-state index is 0.0228. The van der Waals surface area contributed by atoms with Gasteiger partial charge in [0.25, 0.3) is 5.91 Å². The molecular formula is C18H20N2O6S. The monoisotopic (exact) mass is 392 g/mol. The lowest BCUT2D eigenvalue weighted by atomic mass is 10.2. The lowest BCUT2D eigenvalue weighted by molar-refractivity contribution is -0.154. The van der Waals surface area contributed by atoms with Gasteiger partial charge in [-0.25, -0.2) is 13.2 Å². The molecule has 1 heterocycles. The summed E-state index contributed by atoms with van der Waals surface area (Å²) in [5, 5.41) is 8.73. The highest BCUT2D eigenvalue weighted by Gasteiger charge is 2.42. The normalized spacial score (nSPS) is 20.5. The number of hydrogen-bond donors (Lipinski definition) is 0. The van der Waals surface area contributed by atoms with Crippen LogP contribution in [0.4, 0.5) is 0 Å². The van der Waals surface area contributed by atoms with Crippen LogP contribution in [0.15, 0.2) is 24.3 Å². The maximum Gasteiger partial charge on any atom is 0.344 e. The molecule has 8 nitrogen and oxygen atoms in total. The Labute approximate surface area is 157 Å². The molecule has 0 unspecified atom stereocenters. The Hall–Kier alpha value is -2.60. The average molecular weight is 392 g/mol. The van der Waals surface area contributed by atoms with E-state index in [2.05, 4.69) is 0 Å². The quantitative estimate of drug-likeness (QED) is 0.626. The van der Waals surface area contributed by atoms with Gasteiger partial charge in [-0.3, -0.25) is 4.79 Å². The third kappa shape index (κ3) is 5.20. The standard InChI is InChI=1S/C18H20N2O6S/c19-9-13-1-5-16(6-2-13)25-11-18(22)26-10-17(21)20(14-3-4-14)15-7-8-27(23,24)12-15/h1-2,5-6,14-15H,3-4,7-8,10-12H2/t15-/m0/s1. The van der Waals surface area contributed by atoms with Crippen molar-refractivity contribution in [1.29, 1.82) is 5.26 Å². The van der Waals surface area contributed by atoms with Gasteiger partial charge in [-0.15, -0.1) is 0 Å². The van der Waals surface area contributed by atoms with E-state index in [1.165, 1.54) is 0 Å². The minimum Gasteiger partial charge on any atom is -0.482 e. The van der Waals surface area contributed by atoms with Gasteiger partial charge < -0.3 is 14.4 Å². The third-order valence-corrected chi connectivity index (χ3v) is 6.28. The van der Waals surface area contributed by atoms with E-state index in [9.17, 15) is 18.0 Å². The molecule has 144 valence electrons. The molecule has 0 N–H and O–H groups in total. The molecule has 0 spiro atoms. The zero-order chi connectivity index (χ0) is 19.4. The van der Waals surface area contributed by atoms with Crippen LogP contribution in [-0.4, -0.2) is 62.0 Å². The summed E-state index contributed by atoms with van der Waals surface area (Å²) < 4.78 is 33.6. The molecule has 1 saturated carbocycles. The van der Waals surface area contributed by atoms with E-state index < -0.39 is 22.4 Å². The number of esters is 1. The first-order valence-corrected chi connectivity index (χ1v) is 10.5. The van der Waals surface area contributed by atoms with Crippen LogP contribution in [0.2, 0.25) is 0 Å². The predicted octanol–water partition coefficient (Wildman–Crippen LogP) is 0.658. The van der Waals surface area contributed by atoms with Crippen LogP contribution in [0.5, 0.6) is 5.75 Å². The van der Waals surface area contributed by atoms with Crippen molar-refractivity contribution in [3.8, 4) is 11.8 Å². The van der Waals surface area contributed by atoms with Crippen molar-refractivity contribution in [2.45, 2.75) is 31.3 Å². The van der Waals surface area contributed by atoms with Crippen molar-refractivity contribution in [3.63, 3.8) is 0 Å². The van der Waals surface area contributed by atoms with Crippen molar-refractivity contribution in [2.75, 3.05) is 24.7 Å². The zero-order valence-electron chi connectivity index (χ0n) is 14.7. The van der Waals surface area contributed by atoms with E-state index >= 15 is 0 Å². The molecule has 9 heteroatoms. The lowest BCUT2D eigenvalue weighted by Gasteiger charge is -2.28. The highest BCUT2D eigenvalue weighted by atomic mass is 32.2. The molecule has 1 saturated heterocycles. The maximum atomic E-state index is 12.5. The van der Waals surface area contributed by atoms with E-state index in [1.54, 1.807) is 29.2 Å². The second kappa shape index (κ2) is 7.96. The molecule has 2 fully saturated rings. The number of carbonyl (C=O) groups excluding carboxylic acids is 2. The van der Waals surface area contributed by atoms with Gasteiger partial charge in [0.05, 0.1) is 23.1 Å². The third-order valence-electron chi connectivity index (χ3n) is 4.53. The number of carbonyl (C=O) groups is 2. The smallest absolute Gasteiger partial charge is 0.344 e. The first-order valence-electron chi connectivity index (χ1n) is 8.68. The second-order valence-electron chi connectivity index (χ2n) is 6.67. The first-order chi connectivity index (χ1) is 12.9. The van der Waals surface area contributed by atoms with E-state index in [0.717, 1.165) is 12.8 Å². The molecule has 1 aliphatic heterocycles. The van der Waals surface area contributed by atoms with Crippen LogP contribution < -0.4 is 4.74 Å². The number of sulfone groups is 1. The number of benzene rings is 1. The van der Waals surface area contributed by atoms with Crippen molar-refractivity contribution >= 4 is 21.7 Å². The summed E-state index contributed by atoms with van der Waals surface area (Å²) in [6, 6.07) is 7.94. The van der Waals surface area contributed by atoms with E-state index in [0.29, 0.717) is 17.7 Å². The van der Waals surface area contributed by atoms with Gasteiger partial charge in [-0.05, 0) is 43.5 Å². The number of rotatable bonds is 7. The maximum absolute atomic E-state index is 12.5. The molecular weight excluding hydrogens is 372 g/mol. The molecule has 1 atom stereocenters. The molecule has 2 aliphatic rings. The largest absolute Gasteiger partial charge is 0.482 e. The predicted molar refractivity (Wildman–Crippen MR) is 94.5 cm³/mol. The van der Waals surface area contributed by atoms with Crippen LogP contribution in [0.25, 0.3) is 0 Å². The first kappa shape index (κ1) is 19.2. The fraction of sp³-hybridized carbons (Fsp3) is 0.500. The van der Waals surface area contributed by atoms with E-state index in [1.807, 2.05) is 6.07 Å². The van der Waals surface area contributed by atoms with Crippen molar-refractivity contribution in [1.82, 2.24) is 4.90 Å². The average Bonchev–Trinajstić information content (AvgIpc) is 3.41. The van der Waals surface area contributed by atoms with Crippen LogP contribution >= 0.6 is 0 Å². The van der Waals surface area contributed by atoms with Crippen LogP contribution in [-0.2, 0) is 24.2 Å². The molecule has 1 aromatic rings. The van der Waals surface area contributed by atoms with Gasteiger partial charge in [-0.2, -0.15) is 5.26 Å². The van der Waals surface area contributed by atoms with E-state index in [-0.39, 0.29) is 36.1 Å². The summed E-state index contributed by atoms with van der Waals surface area (Å²) in [5.41, 5.74) is 0.476. The number of hydrogen-bond acceptors (Lipinski definition) is 7. The summed E-state index contributed by atoms with van der Waals surface area (Å²) in [5.74, 6) is -0.584. The number of ether oxygens (including phenoxy) is 2. The molecule has 0 radical (unpaired) electrons. The fourth-order valence-electron chi connectivity index (χ4n) is 3.08. The van der Waals surface area contributed by atoms with Gasteiger partial charge >= 0.3 is 5.97 Å². The van der Waals surface area contributed by atoms with Crippen LogP contribution in [0.3, 0.4) is 0 Å². The highest BCUT2D eigenvalue weighted by molar-refractivity contribution is 7.91. The summed E-state index contributed by atoms with van der Waals surface area (Å²) in [7, 11) is -3.10. The molecule has 1 aromatic carbocycles. The SMILES string of the molecule is N#Cc1ccc(OCC(=O)OCC(=O)N(C2CC2)[C@H]2CCS(=O)(=O)C2)cc1. The molecule has 0 aromatic heterocycles. The fourth-order valence-corrected chi connectivity index (χ4v) is 4.79. The van der Waals surface area contributed by atoms with Crippen LogP contribution in [0, 0.1) is 11.3 Å². The van der Waals surface area contributed by atoms with Gasteiger partial charge in [0.2, 0.25) is 0 Å². The minimum atomic E-state index is -3.10. The number of nitrogens with zero attached hydrogens (tertiary/aromatic N) is 2. The highest BCUT2D eigenvalue weighted by Crippen LogP contribution is 2.32. The molecule has 3 rings (SSSR count). The number of amides is 1. The summed E-state index contributed by atoms with van der Waals surface area (Å²) in [6.45, 7) is -0.789. The Bertz CT molecular complexity index is 855. The molecule has 1 amide bonds. The van der Waals surface area contributed by atoms with Gasteiger partial charge in [-0.1, -0.05) is 0 Å². The van der Waals surface area contributed by atoms with Crippen molar-refractivity contribution in [2.24, 2.45) is 0 Å². The Morgan fingerprint density at radius 2 is 1.81 bits per heavy atom. The summed E-state index contributed by atoms with van der Waals surface area (Å²) in [6.07, 6.45) is 2.12. The summed E-state index contributed by atoms with van der Waals surface area (Å²) in [4.78, 5) is 25.8. The lowest BCUT2D eigenvalue weighted by Crippen LogP contribution is -2.45. The molecule has 1 aliphatic carbocycles. The van der Waals surface area contributed by atoms with Crippen molar-refractivity contribution < 1.29 is 27.5 Å². The molecule has 0 bridgehead atoms. The van der Waals surface area contributed by atoms with Crippen molar-refractivity contribution in [3.05, 3.63) is 29.8 Å². The summed E-state index contributed by atoms with van der Waals surface area (Å²) >= 11 is 0. The zero-order valence-corrected chi connectivity index (χ0v) is 15.5. The Morgan fingerprint density at radius 1 is 1.11 bits per heavy atom. The second-order valence-corrected chi connectivity index (χ2v) is 8.90. The van der Waals surface area contributed by atoms with Gasteiger partial charge in [0, 0.05) is 12.1 Å². The Kier molecular flexibility index (Phi) is 5.65. The molecule has 27 heavy (non-hydrogen) atoms. The Balaban J connectivity index is 1.47. The van der Waals surface area contributed by atoms with Gasteiger partial charge in [0.1, 0.15) is 5.75 Å².